The van der Waals surface area contributed by atoms with Gasteiger partial charge in [-0.15, -0.1) is 0 Å². The van der Waals surface area contributed by atoms with Crippen LogP contribution in [0.5, 0.6) is 0 Å². The molecule has 0 aliphatic heterocycles. The van der Waals surface area contributed by atoms with Crippen LogP contribution in [0.3, 0.4) is 0 Å². The molecule has 0 bridgehead atoms. The second kappa shape index (κ2) is 6.44. The molecule has 0 spiro atoms. The normalized spacial score (nSPS) is 12.4. The molecule has 0 aliphatic rings. The highest BCUT2D eigenvalue weighted by molar-refractivity contribution is 5.70. The summed E-state index contributed by atoms with van der Waals surface area (Å²) in [5, 5.41) is 17.0. The molecule has 4 nitrogen and oxygen atoms in total. The number of carboxylic acid groups (broad SMARTS) is 1. The lowest BCUT2D eigenvalue weighted by Gasteiger charge is -2.03. The van der Waals surface area contributed by atoms with Crippen LogP contribution >= 0.6 is 0 Å². The van der Waals surface area contributed by atoms with Crippen molar-refractivity contribution in [1.82, 2.24) is 0 Å². The second-order valence-corrected chi connectivity index (χ2v) is 1.96. The lowest BCUT2D eigenvalue weighted by molar-refractivity contribution is -0.408. The van der Waals surface area contributed by atoms with Crippen LogP contribution in [0.15, 0.2) is 12.7 Å². The monoisotopic (exact) mass is 201 g/mol. The van der Waals surface area contributed by atoms with Crippen LogP contribution in [0.1, 0.15) is 0 Å². The highest BCUT2D eigenvalue weighted by Gasteiger charge is 2.28. The molecule has 4 N–H and O–H groups in total. The number of aliphatic carboxylic acids is 1. The standard InChI is InChI=1S/C4H9NO.C2HF3O2/c1-2-4(5)3-6;3-2(4,5)1(6)7/h2,4,6H,1,3,5H2;(H,6,7)/t4-;/m0./s1. The molecule has 78 valence electrons. The maximum Gasteiger partial charge on any atom is 0.430 e. The van der Waals surface area contributed by atoms with Crippen LogP contribution in [-0.2, 0) is 4.79 Å². The minimum atomic E-state index is -5.19. The number of hydrogen-bond acceptors (Lipinski definition) is 3. The summed E-state index contributed by atoms with van der Waals surface area (Å²) in [6, 6.07) is 0.00463. The number of alkyl halides is 3. The number of carbonyl (C=O) groups is 1. The van der Waals surface area contributed by atoms with Crippen molar-refractivity contribution in [1.29, 1.82) is 0 Å². The molecule has 0 saturated heterocycles. The molecule has 0 rings (SSSR count). The summed E-state index contributed by atoms with van der Waals surface area (Å²) in [5.41, 5.74) is 3.51. The third kappa shape index (κ3) is 10.9. The van der Waals surface area contributed by atoms with Gasteiger partial charge >= 0.3 is 6.18 Å². The molecule has 0 fully saturated rings. The summed E-state index contributed by atoms with van der Waals surface area (Å²) in [4.78, 5) is 8.78. The molecule has 13 heavy (non-hydrogen) atoms. The molecule has 0 aliphatic carbocycles. The highest BCUT2D eigenvalue weighted by Crippen LogP contribution is 2.11. The molecule has 0 radical (unpaired) electrons. The van der Waals surface area contributed by atoms with Gasteiger partial charge in [0.15, 0.2) is 0 Å². The van der Waals surface area contributed by atoms with Gasteiger partial charge in [-0.25, -0.2) is 0 Å². The summed E-state index contributed by atoms with van der Waals surface area (Å²) < 4.78 is 31.5. The molecule has 0 amide bonds. The number of carbonyl (C=O) groups excluding carboxylic acids is 1. The summed E-state index contributed by atoms with van der Waals surface area (Å²) >= 11 is 0. The molecule has 7 heteroatoms. The van der Waals surface area contributed by atoms with Gasteiger partial charge in [-0.3, -0.25) is 0 Å². The van der Waals surface area contributed by atoms with E-state index in [2.05, 4.69) is 12.3 Å². The molecular formula is C6H10F3NO3. The van der Waals surface area contributed by atoms with E-state index in [1.165, 1.54) is 0 Å². The molecule has 1 atom stereocenters. The average molecular weight is 201 g/mol. The largest absolute Gasteiger partial charge is 0.542 e. The zero-order chi connectivity index (χ0) is 11.1. The number of hydrogen-bond donors (Lipinski definition) is 2. The minimum absolute atomic E-state index is 0.00463. The maximum atomic E-state index is 10.5. The lowest BCUT2D eigenvalue weighted by Crippen LogP contribution is -2.61. The van der Waals surface area contributed by atoms with Crippen molar-refractivity contribution in [2.45, 2.75) is 12.2 Å². The van der Waals surface area contributed by atoms with Crippen LogP contribution in [-0.4, -0.2) is 29.9 Å². The van der Waals surface area contributed by atoms with Crippen molar-refractivity contribution in [3.63, 3.8) is 0 Å². The van der Waals surface area contributed by atoms with Gasteiger partial charge in [0.05, 0.1) is 6.61 Å². The third-order valence-corrected chi connectivity index (χ3v) is 0.799. The Morgan fingerprint density at radius 3 is 2.00 bits per heavy atom. The van der Waals surface area contributed by atoms with E-state index in [-0.39, 0.29) is 12.6 Å². The number of aliphatic hydroxyl groups is 1. The summed E-state index contributed by atoms with van der Waals surface area (Å²) in [7, 11) is 0. The van der Waals surface area contributed by atoms with Gasteiger partial charge in [-0.05, 0) is 6.08 Å². The molecule has 0 saturated carbocycles. The van der Waals surface area contributed by atoms with Gasteiger partial charge in [0.1, 0.15) is 12.0 Å². The molecule has 0 aromatic heterocycles. The fourth-order valence-corrected chi connectivity index (χ4v) is 0.0745. The van der Waals surface area contributed by atoms with Crippen LogP contribution < -0.4 is 10.8 Å². The number of halogens is 3. The Balaban J connectivity index is 0. The van der Waals surface area contributed by atoms with E-state index >= 15 is 0 Å². The van der Waals surface area contributed by atoms with Gasteiger partial charge in [-0.2, -0.15) is 13.2 Å². The number of carboxylic acids is 1. The van der Waals surface area contributed by atoms with E-state index in [9.17, 15) is 13.2 Å². The van der Waals surface area contributed by atoms with Crippen LogP contribution in [0, 0.1) is 0 Å². The first-order chi connectivity index (χ1) is 5.75. The number of aliphatic hydroxyl groups excluding tert-OH is 1. The maximum absolute atomic E-state index is 10.5. The van der Waals surface area contributed by atoms with Crippen LogP contribution in [0.25, 0.3) is 0 Å². The van der Waals surface area contributed by atoms with Gasteiger partial charge in [0.25, 0.3) is 0 Å². The number of rotatable bonds is 2. The Hall–Kier alpha value is -1.08. The predicted molar refractivity (Wildman–Crippen MR) is 35.0 cm³/mol. The second-order valence-electron chi connectivity index (χ2n) is 1.96. The fraction of sp³-hybridized carbons (Fsp3) is 0.500. The first-order valence-corrected chi connectivity index (χ1v) is 3.10. The topological polar surface area (TPSA) is 88.0 Å². The first-order valence-electron chi connectivity index (χ1n) is 3.10. The summed E-state index contributed by atoms with van der Waals surface area (Å²) in [6.07, 6.45) is -3.58. The Labute approximate surface area is 72.5 Å². The van der Waals surface area contributed by atoms with Crippen molar-refractivity contribution >= 4 is 5.97 Å². The van der Waals surface area contributed by atoms with E-state index in [1.807, 2.05) is 0 Å². The fourth-order valence-electron chi connectivity index (χ4n) is 0.0745. The predicted octanol–water partition coefficient (Wildman–Crippen LogP) is -1.93. The third-order valence-electron chi connectivity index (χ3n) is 0.799. The van der Waals surface area contributed by atoms with Crippen molar-refractivity contribution in [2.24, 2.45) is 0 Å². The van der Waals surface area contributed by atoms with Crippen molar-refractivity contribution in [2.75, 3.05) is 6.61 Å². The average Bonchev–Trinajstić information content (AvgIpc) is 2.02. The van der Waals surface area contributed by atoms with Crippen molar-refractivity contribution in [3.05, 3.63) is 12.7 Å². The molecule has 0 aromatic carbocycles. The first kappa shape index (κ1) is 14.4. The van der Waals surface area contributed by atoms with E-state index in [1.54, 1.807) is 6.08 Å². The molecule has 0 aromatic rings. The number of quaternary nitrogens is 1. The smallest absolute Gasteiger partial charge is 0.430 e. The van der Waals surface area contributed by atoms with Crippen LogP contribution in [0.2, 0.25) is 0 Å². The highest BCUT2D eigenvalue weighted by atomic mass is 19.4. The quantitative estimate of drug-likeness (QED) is 0.510. The summed E-state index contributed by atoms with van der Waals surface area (Å²) in [6.45, 7) is 3.51. The molecule has 0 heterocycles. The Bertz CT molecular complexity index is 169. The van der Waals surface area contributed by atoms with E-state index in [4.69, 9.17) is 15.0 Å². The zero-order valence-electron chi connectivity index (χ0n) is 6.67. The van der Waals surface area contributed by atoms with Gasteiger partial charge < -0.3 is 20.7 Å². The van der Waals surface area contributed by atoms with Gasteiger partial charge in [0.2, 0.25) is 0 Å². The van der Waals surface area contributed by atoms with Crippen molar-refractivity contribution in [3.8, 4) is 0 Å². The van der Waals surface area contributed by atoms with Crippen LogP contribution in [0.4, 0.5) is 13.2 Å². The Morgan fingerprint density at radius 2 is 2.00 bits per heavy atom. The SMILES string of the molecule is C=C[C@H]([NH3+])CO.O=C([O-])C(F)(F)F. The Kier molecular flexibility index (Phi) is 7.15. The van der Waals surface area contributed by atoms with E-state index in [0.29, 0.717) is 0 Å². The van der Waals surface area contributed by atoms with Crippen molar-refractivity contribution < 1.29 is 33.9 Å². The van der Waals surface area contributed by atoms with E-state index < -0.39 is 12.1 Å². The summed E-state index contributed by atoms with van der Waals surface area (Å²) in [5.74, 6) is -3.01. The molecular weight excluding hydrogens is 191 g/mol. The minimum Gasteiger partial charge on any atom is -0.542 e. The van der Waals surface area contributed by atoms with Gasteiger partial charge in [-0.1, -0.05) is 6.58 Å². The lowest BCUT2D eigenvalue weighted by atomic mass is 10.3. The zero-order valence-corrected chi connectivity index (χ0v) is 6.67. The molecule has 0 unspecified atom stereocenters. The van der Waals surface area contributed by atoms with Gasteiger partial charge in [0, 0.05) is 0 Å². The Morgan fingerprint density at radius 1 is 1.69 bits per heavy atom. The van der Waals surface area contributed by atoms with E-state index in [0.717, 1.165) is 0 Å².